The van der Waals surface area contributed by atoms with Crippen molar-refractivity contribution in [3.63, 3.8) is 0 Å². The Kier molecular flexibility index (Phi) is 3.90. The second kappa shape index (κ2) is 5.44. The summed E-state index contributed by atoms with van der Waals surface area (Å²) in [6.45, 7) is 0.476. The molecule has 0 bridgehead atoms. The van der Waals surface area contributed by atoms with Crippen molar-refractivity contribution in [1.29, 1.82) is 0 Å². The Labute approximate surface area is 110 Å². The number of rotatable bonds is 5. The number of benzene rings is 1. The summed E-state index contributed by atoms with van der Waals surface area (Å²) in [5.74, 6) is -0.0648. The van der Waals surface area contributed by atoms with Crippen LogP contribution in [0.5, 0.6) is 5.75 Å². The number of nitrogens with one attached hydrogen (secondary N) is 2. The first-order chi connectivity index (χ1) is 9.08. The zero-order valence-corrected chi connectivity index (χ0v) is 10.7. The van der Waals surface area contributed by atoms with Gasteiger partial charge in [0.1, 0.15) is 11.6 Å². The number of halogens is 1. The van der Waals surface area contributed by atoms with E-state index < -0.39 is 11.8 Å². The van der Waals surface area contributed by atoms with Gasteiger partial charge in [0.2, 0.25) is 0 Å². The van der Waals surface area contributed by atoms with E-state index in [9.17, 15) is 9.18 Å². The molecule has 104 valence electrons. The molecule has 0 heterocycles. The van der Waals surface area contributed by atoms with Gasteiger partial charge < -0.3 is 20.5 Å². The molecule has 1 aromatic rings. The molecule has 0 unspecified atom stereocenters. The molecule has 1 saturated carbocycles. The number of aliphatic hydroxyl groups excluding tert-OH is 1. The maximum atomic E-state index is 13.1. The number of hydrogen-bond acceptors (Lipinski definition) is 3. The molecule has 0 aliphatic heterocycles. The first kappa shape index (κ1) is 13.6. The number of amides is 2. The maximum absolute atomic E-state index is 13.1. The van der Waals surface area contributed by atoms with E-state index >= 15 is 0 Å². The van der Waals surface area contributed by atoms with Crippen LogP contribution in [0.25, 0.3) is 0 Å². The lowest BCUT2D eigenvalue weighted by atomic mass is 10.1. The lowest BCUT2D eigenvalue weighted by molar-refractivity contribution is 0.206. The summed E-state index contributed by atoms with van der Waals surface area (Å²) in [4.78, 5) is 11.7. The molecule has 3 N–H and O–H groups in total. The Morgan fingerprint density at radius 2 is 2.26 bits per heavy atom. The normalized spacial score (nSPS) is 15.7. The van der Waals surface area contributed by atoms with Gasteiger partial charge in [-0.3, -0.25) is 0 Å². The van der Waals surface area contributed by atoms with E-state index in [1.165, 1.54) is 25.3 Å². The number of aliphatic hydroxyl groups is 1. The second-order valence-electron chi connectivity index (χ2n) is 4.81. The van der Waals surface area contributed by atoms with E-state index in [-0.39, 0.29) is 17.7 Å². The van der Waals surface area contributed by atoms with E-state index in [2.05, 4.69) is 10.6 Å². The van der Waals surface area contributed by atoms with Crippen LogP contribution >= 0.6 is 0 Å². The molecule has 2 amide bonds. The summed E-state index contributed by atoms with van der Waals surface area (Å²) in [7, 11) is 1.45. The minimum absolute atomic E-state index is 0.0660. The predicted octanol–water partition coefficient (Wildman–Crippen LogP) is 1.73. The minimum atomic E-state index is -0.454. The maximum Gasteiger partial charge on any atom is 0.319 e. The van der Waals surface area contributed by atoms with Crippen molar-refractivity contribution in [3.05, 3.63) is 24.0 Å². The highest BCUT2D eigenvalue weighted by Crippen LogP contribution is 2.44. The summed E-state index contributed by atoms with van der Waals surface area (Å²) in [5, 5.41) is 14.3. The molecule has 5 nitrogen and oxygen atoms in total. The number of hydrogen-bond donors (Lipinski definition) is 3. The largest absolute Gasteiger partial charge is 0.495 e. The molecule has 0 atom stereocenters. The Morgan fingerprint density at radius 3 is 2.84 bits per heavy atom. The summed E-state index contributed by atoms with van der Waals surface area (Å²) in [5.41, 5.74) is 0.109. The molecule has 0 saturated heterocycles. The summed E-state index contributed by atoms with van der Waals surface area (Å²) in [6, 6.07) is 3.45. The Bertz CT molecular complexity index is 475. The number of carbonyl (C=O) groups is 1. The molecule has 1 aliphatic rings. The smallest absolute Gasteiger partial charge is 0.319 e. The number of anilines is 1. The lowest BCUT2D eigenvalue weighted by Gasteiger charge is -2.14. The van der Waals surface area contributed by atoms with Crippen molar-refractivity contribution < 1.29 is 19.0 Å². The average Bonchev–Trinajstić information content (AvgIpc) is 3.17. The summed E-state index contributed by atoms with van der Waals surface area (Å²) in [6.07, 6.45) is 1.82. The fourth-order valence-electron chi connectivity index (χ4n) is 1.78. The van der Waals surface area contributed by atoms with E-state index in [0.29, 0.717) is 12.3 Å². The highest BCUT2D eigenvalue weighted by Gasteiger charge is 2.42. The van der Waals surface area contributed by atoms with Crippen molar-refractivity contribution in [1.82, 2.24) is 5.32 Å². The third-order valence-corrected chi connectivity index (χ3v) is 3.33. The van der Waals surface area contributed by atoms with Crippen molar-refractivity contribution in [2.75, 3.05) is 25.6 Å². The van der Waals surface area contributed by atoms with Gasteiger partial charge in [-0.25, -0.2) is 9.18 Å². The SMILES string of the molecule is COc1ccc(F)cc1NC(=O)NCC1(CO)CC1. The zero-order chi connectivity index (χ0) is 13.9. The Balaban J connectivity index is 1.93. The van der Waals surface area contributed by atoms with Crippen molar-refractivity contribution in [2.45, 2.75) is 12.8 Å². The molecule has 1 fully saturated rings. The van der Waals surface area contributed by atoms with E-state index in [1.54, 1.807) is 0 Å². The number of ether oxygens (including phenoxy) is 1. The van der Waals surface area contributed by atoms with E-state index in [0.717, 1.165) is 12.8 Å². The van der Waals surface area contributed by atoms with Gasteiger partial charge in [-0.15, -0.1) is 0 Å². The lowest BCUT2D eigenvalue weighted by Crippen LogP contribution is -2.35. The first-order valence-corrected chi connectivity index (χ1v) is 6.08. The van der Waals surface area contributed by atoms with Crippen LogP contribution in [0.2, 0.25) is 0 Å². The summed E-state index contributed by atoms with van der Waals surface area (Å²) < 4.78 is 18.1. The Morgan fingerprint density at radius 1 is 1.53 bits per heavy atom. The molecule has 1 aromatic carbocycles. The molecule has 0 aromatic heterocycles. The minimum Gasteiger partial charge on any atom is -0.495 e. The van der Waals surface area contributed by atoms with Crippen LogP contribution < -0.4 is 15.4 Å². The van der Waals surface area contributed by atoms with Crippen LogP contribution in [0.4, 0.5) is 14.9 Å². The van der Waals surface area contributed by atoms with Gasteiger partial charge in [-0.05, 0) is 25.0 Å². The topological polar surface area (TPSA) is 70.6 Å². The van der Waals surface area contributed by atoms with E-state index in [4.69, 9.17) is 9.84 Å². The third-order valence-electron chi connectivity index (χ3n) is 3.33. The van der Waals surface area contributed by atoms with Gasteiger partial charge in [-0.2, -0.15) is 0 Å². The molecule has 6 heteroatoms. The van der Waals surface area contributed by atoms with Crippen LogP contribution in [0.15, 0.2) is 18.2 Å². The molecule has 19 heavy (non-hydrogen) atoms. The van der Waals surface area contributed by atoms with Gasteiger partial charge >= 0.3 is 6.03 Å². The second-order valence-corrected chi connectivity index (χ2v) is 4.81. The van der Waals surface area contributed by atoms with Crippen LogP contribution in [0.1, 0.15) is 12.8 Å². The fraction of sp³-hybridized carbons (Fsp3) is 0.462. The van der Waals surface area contributed by atoms with Crippen molar-refractivity contribution in [3.8, 4) is 5.75 Å². The summed E-state index contributed by atoms with van der Waals surface area (Å²) >= 11 is 0. The average molecular weight is 268 g/mol. The standard InChI is InChI=1S/C13H17FN2O3/c1-19-11-3-2-9(14)6-10(11)16-12(18)15-7-13(8-17)4-5-13/h2-3,6,17H,4-5,7-8H2,1H3,(H2,15,16,18). The van der Waals surface area contributed by atoms with Crippen LogP contribution in [-0.2, 0) is 0 Å². The van der Waals surface area contributed by atoms with Crippen LogP contribution in [0, 0.1) is 11.2 Å². The highest BCUT2D eigenvalue weighted by molar-refractivity contribution is 5.90. The zero-order valence-electron chi connectivity index (χ0n) is 10.7. The monoisotopic (exact) mass is 268 g/mol. The van der Waals surface area contributed by atoms with E-state index in [1.807, 2.05) is 0 Å². The molecule has 1 aliphatic carbocycles. The van der Waals surface area contributed by atoms with Crippen molar-refractivity contribution >= 4 is 11.7 Å². The predicted molar refractivity (Wildman–Crippen MR) is 68.7 cm³/mol. The Hall–Kier alpha value is -1.82. The molecular formula is C13H17FN2O3. The van der Waals surface area contributed by atoms with Gasteiger partial charge in [0.05, 0.1) is 19.4 Å². The van der Waals surface area contributed by atoms with Crippen LogP contribution in [-0.4, -0.2) is 31.4 Å². The van der Waals surface area contributed by atoms with Crippen LogP contribution in [0.3, 0.4) is 0 Å². The van der Waals surface area contributed by atoms with Gasteiger partial charge in [-0.1, -0.05) is 0 Å². The number of carbonyl (C=O) groups excluding carboxylic acids is 1. The third kappa shape index (κ3) is 3.35. The molecule has 0 radical (unpaired) electrons. The first-order valence-electron chi connectivity index (χ1n) is 6.08. The van der Waals surface area contributed by atoms with Gasteiger partial charge in [0.25, 0.3) is 0 Å². The fourth-order valence-corrected chi connectivity index (χ4v) is 1.78. The molecule has 0 spiro atoms. The number of methoxy groups -OCH3 is 1. The van der Waals surface area contributed by atoms with Gasteiger partial charge in [0, 0.05) is 18.0 Å². The molecule has 2 rings (SSSR count). The quantitative estimate of drug-likeness (QED) is 0.761. The highest BCUT2D eigenvalue weighted by atomic mass is 19.1. The van der Waals surface area contributed by atoms with Gasteiger partial charge in [0.15, 0.2) is 0 Å². The molecular weight excluding hydrogens is 251 g/mol. The number of urea groups is 1. The van der Waals surface area contributed by atoms with Crippen molar-refractivity contribution in [2.24, 2.45) is 5.41 Å².